The number of nitrogens with one attached hydrogen (secondary N) is 2. The zero-order valence-electron chi connectivity index (χ0n) is 16.9. The van der Waals surface area contributed by atoms with Crippen LogP contribution in [-0.2, 0) is 14.4 Å². The van der Waals surface area contributed by atoms with Crippen molar-refractivity contribution in [3.63, 3.8) is 0 Å². The summed E-state index contributed by atoms with van der Waals surface area (Å²) >= 11 is 7.25. The second kappa shape index (κ2) is 10.5. The van der Waals surface area contributed by atoms with Gasteiger partial charge in [0.15, 0.2) is 0 Å². The summed E-state index contributed by atoms with van der Waals surface area (Å²) in [6.07, 6.45) is 4.43. The third-order valence-corrected chi connectivity index (χ3v) is 6.37. The molecule has 2 aromatic carbocycles. The van der Waals surface area contributed by atoms with Crippen LogP contribution in [0.2, 0.25) is 5.02 Å². The molecule has 3 rings (SSSR count). The van der Waals surface area contributed by atoms with E-state index in [1.165, 1.54) is 11.8 Å². The molecular formula is C23H23ClN2O4S. The van der Waals surface area contributed by atoms with E-state index in [-0.39, 0.29) is 17.1 Å². The predicted molar refractivity (Wildman–Crippen MR) is 123 cm³/mol. The number of halogens is 1. The van der Waals surface area contributed by atoms with Gasteiger partial charge in [-0.2, -0.15) is 0 Å². The maximum absolute atomic E-state index is 12.6. The van der Waals surface area contributed by atoms with E-state index >= 15 is 0 Å². The van der Waals surface area contributed by atoms with E-state index in [4.69, 9.17) is 11.6 Å². The Labute approximate surface area is 190 Å². The third kappa shape index (κ3) is 6.35. The second-order valence-corrected chi connectivity index (χ2v) is 9.11. The maximum Gasteiger partial charge on any atom is 0.307 e. The van der Waals surface area contributed by atoms with Crippen molar-refractivity contribution in [2.75, 3.05) is 10.6 Å². The number of carboxylic acids is 1. The second-order valence-electron chi connectivity index (χ2n) is 7.26. The number of carboxylic acid groups (broad SMARTS) is 1. The smallest absolute Gasteiger partial charge is 0.307 e. The van der Waals surface area contributed by atoms with Gasteiger partial charge < -0.3 is 15.7 Å². The van der Waals surface area contributed by atoms with Crippen molar-refractivity contribution < 1.29 is 19.5 Å². The van der Waals surface area contributed by atoms with Crippen molar-refractivity contribution >= 4 is 52.5 Å². The standard InChI is InChI=1S/C23H23ClN2O4S/c1-14(21(27)25-16-8-6-15(24)7-9-16)31-18-12-10-17(11-13-18)26-22(28)19-4-2-3-5-20(19)23(29)30/h2-3,6-14,19-20H,4-5H2,1H3,(H,25,27)(H,26,28)(H,29,30). The SMILES string of the molecule is CC(Sc1ccc(NC(=O)C2CC=CCC2C(=O)O)cc1)C(=O)Nc1ccc(Cl)cc1. The van der Waals surface area contributed by atoms with Crippen molar-refractivity contribution in [2.24, 2.45) is 11.8 Å². The van der Waals surface area contributed by atoms with Gasteiger partial charge in [0.2, 0.25) is 11.8 Å². The first-order valence-electron chi connectivity index (χ1n) is 9.85. The summed E-state index contributed by atoms with van der Waals surface area (Å²) in [5, 5.41) is 15.3. The van der Waals surface area contributed by atoms with Crippen LogP contribution in [0.15, 0.2) is 65.6 Å². The number of carbonyl (C=O) groups is 3. The van der Waals surface area contributed by atoms with Crippen LogP contribution in [0.1, 0.15) is 19.8 Å². The third-order valence-electron chi connectivity index (χ3n) is 5.00. The molecule has 0 saturated heterocycles. The van der Waals surface area contributed by atoms with Gasteiger partial charge in [0.1, 0.15) is 0 Å². The fraction of sp³-hybridized carbons (Fsp3) is 0.261. The fourth-order valence-corrected chi connectivity index (χ4v) is 4.26. The molecular weight excluding hydrogens is 436 g/mol. The van der Waals surface area contributed by atoms with E-state index in [0.717, 1.165) is 4.90 Å². The number of anilines is 2. The van der Waals surface area contributed by atoms with Crippen LogP contribution in [0, 0.1) is 11.8 Å². The summed E-state index contributed by atoms with van der Waals surface area (Å²) in [7, 11) is 0. The number of aliphatic carboxylic acids is 1. The zero-order chi connectivity index (χ0) is 22.4. The predicted octanol–water partition coefficient (Wildman–Crippen LogP) is 5.06. The van der Waals surface area contributed by atoms with Crippen LogP contribution in [0.25, 0.3) is 0 Å². The number of benzene rings is 2. The lowest BCUT2D eigenvalue weighted by Gasteiger charge is -2.24. The first kappa shape index (κ1) is 22.9. The number of allylic oxidation sites excluding steroid dienone is 2. The van der Waals surface area contributed by atoms with E-state index in [2.05, 4.69) is 10.6 Å². The van der Waals surface area contributed by atoms with Crippen molar-refractivity contribution in [1.29, 1.82) is 0 Å². The maximum atomic E-state index is 12.6. The molecule has 3 atom stereocenters. The van der Waals surface area contributed by atoms with Gasteiger partial charge >= 0.3 is 5.97 Å². The average molecular weight is 459 g/mol. The van der Waals surface area contributed by atoms with Gasteiger partial charge in [-0.15, -0.1) is 11.8 Å². The summed E-state index contributed by atoms with van der Waals surface area (Å²) in [5.74, 6) is -2.68. The molecule has 0 heterocycles. The average Bonchev–Trinajstić information content (AvgIpc) is 2.76. The van der Waals surface area contributed by atoms with Crippen molar-refractivity contribution in [2.45, 2.75) is 29.9 Å². The lowest BCUT2D eigenvalue weighted by Crippen LogP contribution is -2.34. The molecule has 1 aliphatic rings. The number of carbonyl (C=O) groups excluding carboxylic acids is 2. The van der Waals surface area contributed by atoms with Crippen LogP contribution in [0.4, 0.5) is 11.4 Å². The highest BCUT2D eigenvalue weighted by Crippen LogP contribution is 2.29. The minimum atomic E-state index is -0.956. The molecule has 0 radical (unpaired) electrons. The molecule has 1 aliphatic carbocycles. The molecule has 8 heteroatoms. The summed E-state index contributed by atoms with van der Waals surface area (Å²) in [6.45, 7) is 1.81. The molecule has 0 aliphatic heterocycles. The summed E-state index contributed by atoms with van der Waals surface area (Å²) in [4.78, 5) is 37.2. The molecule has 0 saturated carbocycles. The minimum Gasteiger partial charge on any atom is -0.481 e. The Hall–Kier alpha value is -2.77. The molecule has 3 N–H and O–H groups in total. The molecule has 3 unspecified atom stereocenters. The Kier molecular flexibility index (Phi) is 7.76. The van der Waals surface area contributed by atoms with E-state index < -0.39 is 17.8 Å². The Bertz CT molecular complexity index is 976. The molecule has 0 bridgehead atoms. The Balaban J connectivity index is 1.55. The normalized spacial score (nSPS) is 18.8. The van der Waals surface area contributed by atoms with Gasteiger partial charge in [0, 0.05) is 21.3 Å². The quantitative estimate of drug-likeness (QED) is 0.398. The van der Waals surface area contributed by atoms with Gasteiger partial charge in [0.25, 0.3) is 0 Å². The van der Waals surface area contributed by atoms with Crippen molar-refractivity contribution in [3.8, 4) is 0 Å². The molecule has 0 spiro atoms. The first-order valence-corrected chi connectivity index (χ1v) is 11.1. The summed E-state index contributed by atoms with van der Waals surface area (Å²) < 4.78 is 0. The lowest BCUT2D eigenvalue weighted by atomic mass is 9.82. The molecule has 2 aromatic rings. The van der Waals surface area contributed by atoms with Crippen molar-refractivity contribution in [1.82, 2.24) is 0 Å². The van der Waals surface area contributed by atoms with Crippen LogP contribution in [-0.4, -0.2) is 28.1 Å². The van der Waals surface area contributed by atoms with Crippen LogP contribution >= 0.6 is 23.4 Å². The molecule has 0 fully saturated rings. The number of amides is 2. The van der Waals surface area contributed by atoms with E-state index in [1.807, 2.05) is 25.1 Å². The van der Waals surface area contributed by atoms with E-state index in [9.17, 15) is 19.5 Å². The Morgan fingerprint density at radius 3 is 2.10 bits per heavy atom. The topological polar surface area (TPSA) is 95.5 Å². The highest BCUT2D eigenvalue weighted by molar-refractivity contribution is 8.00. The zero-order valence-corrected chi connectivity index (χ0v) is 18.5. The van der Waals surface area contributed by atoms with Crippen molar-refractivity contribution in [3.05, 3.63) is 65.7 Å². The highest BCUT2D eigenvalue weighted by Gasteiger charge is 2.33. The number of thioether (sulfide) groups is 1. The number of hydrogen-bond acceptors (Lipinski definition) is 4. The van der Waals surface area contributed by atoms with E-state index in [1.54, 1.807) is 42.5 Å². The monoisotopic (exact) mass is 458 g/mol. The van der Waals surface area contributed by atoms with E-state index in [0.29, 0.717) is 29.2 Å². The molecule has 31 heavy (non-hydrogen) atoms. The molecule has 0 aromatic heterocycles. The number of hydrogen-bond donors (Lipinski definition) is 3. The molecule has 2 amide bonds. The van der Waals surface area contributed by atoms with Crippen LogP contribution in [0.3, 0.4) is 0 Å². The van der Waals surface area contributed by atoms with Gasteiger partial charge in [-0.05, 0) is 68.3 Å². The highest BCUT2D eigenvalue weighted by atomic mass is 35.5. The largest absolute Gasteiger partial charge is 0.481 e. The first-order chi connectivity index (χ1) is 14.8. The summed E-state index contributed by atoms with van der Waals surface area (Å²) in [5.41, 5.74) is 1.27. The number of rotatable bonds is 7. The van der Waals surface area contributed by atoms with Crippen LogP contribution < -0.4 is 10.6 Å². The minimum absolute atomic E-state index is 0.130. The van der Waals surface area contributed by atoms with Crippen LogP contribution in [0.5, 0.6) is 0 Å². The molecule has 6 nitrogen and oxygen atoms in total. The Morgan fingerprint density at radius 2 is 1.48 bits per heavy atom. The molecule has 162 valence electrons. The van der Waals surface area contributed by atoms with Gasteiger partial charge in [-0.25, -0.2) is 0 Å². The lowest BCUT2D eigenvalue weighted by molar-refractivity contribution is -0.146. The summed E-state index contributed by atoms with van der Waals surface area (Å²) in [6, 6.07) is 14.0. The van der Waals surface area contributed by atoms with Gasteiger partial charge in [-0.3, -0.25) is 14.4 Å². The van der Waals surface area contributed by atoms with Gasteiger partial charge in [-0.1, -0.05) is 23.8 Å². The Morgan fingerprint density at radius 1 is 0.935 bits per heavy atom. The van der Waals surface area contributed by atoms with Gasteiger partial charge in [0.05, 0.1) is 17.1 Å². The fourth-order valence-electron chi connectivity index (χ4n) is 3.26.